The van der Waals surface area contributed by atoms with Crippen LogP contribution in [0, 0.1) is 6.92 Å². The summed E-state index contributed by atoms with van der Waals surface area (Å²) in [5.74, 6) is -0.190. The molecule has 0 aliphatic carbocycles. The third-order valence-electron chi connectivity index (χ3n) is 5.15. The monoisotopic (exact) mass is 486 g/mol. The first-order chi connectivity index (χ1) is 14.2. The highest BCUT2D eigenvalue weighted by molar-refractivity contribution is 7.89. The van der Waals surface area contributed by atoms with Crippen molar-refractivity contribution in [3.8, 4) is 0 Å². The van der Waals surface area contributed by atoms with Crippen LogP contribution in [-0.4, -0.2) is 59.5 Å². The number of nitrogens with zero attached hydrogens (tertiary/aromatic N) is 4. The number of piperazine rings is 1. The Hall–Kier alpha value is -1.65. The highest BCUT2D eigenvalue weighted by Crippen LogP contribution is 2.37. The molecular weight excluding hydrogens is 467 g/mol. The van der Waals surface area contributed by atoms with E-state index < -0.39 is 10.0 Å². The van der Waals surface area contributed by atoms with Gasteiger partial charge >= 0.3 is 0 Å². The molecule has 0 radical (unpaired) electrons. The molecule has 0 unspecified atom stereocenters. The summed E-state index contributed by atoms with van der Waals surface area (Å²) in [5.41, 5.74) is 0.478. The highest BCUT2D eigenvalue weighted by atomic mass is 35.5. The van der Waals surface area contributed by atoms with Crippen LogP contribution in [0.3, 0.4) is 0 Å². The Kier molecular flexibility index (Phi) is 5.84. The predicted octanol–water partition coefficient (Wildman–Crippen LogP) is 3.88. The van der Waals surface area contributed by atoms with Gasteiger partial charge in [0.1, 0.15) is 9.77 Å². The van der Waals surface area contributed by atoms with Crippen LogP contribution in [0.2, 0.25) is 10.0 Å². The number of halogens is 2. The van der Waals surface area contributed by atoms with E-state index in [0.717, 1.165) is 10.1 Å². The second-order valence-electron chi connectivity index (χ2n) is 7.02. The zero-order chi connectivity index (χ0) is 21.6. The van der Waals surface area contributed by atoms with Crippen LogP contribution in [-0.2, 0) is 16.6 Å². The van der Waals surface area contributed by atoms with Gasteiger partial charge in [-0.25, -0.2) is 8.42 Å². The zero-order valence-electron chi connectivity index (χ0n) is 16.4. The molecule has 1 saturated heterocycles. The molecule has 1 aromatic carbocycles. The lowest BCUT2D eigenvalue weighted by Gasteiger charge is -2.33. The summed E-state index contributed by atoms with van der Waals surface area (Å²) in [7, 11) is -3.66. The molecule has 1 fully saturated rings. The van der Waals surface area contributed by atoms with E-state index in [1.54, 1.807) is 40.9 Å². The second-order valence-corrected chi connectivity index (χ2v) is 10.8. The number of aromatic nitrogens is 2. The van der Waals surface area contributed by atoms with Crippen molar-refractivity contribution < 1.29 is 13.2 Å². The van der Waals surface area contributed by atoms with Crippen molar-refractivity contribution in [3.63, 3.8) is 0 Å². The molecule has 1 aliphatic heterocycles. The summed E-state index contributed by atoms with van der Waals surface area (Å²) in [4.78, 5) is 15.3. The number of carbonyl (C=O) groups is 1. The quantitative estimate of drug-likeness (QED) is 0.560. The molecule has 0 bridgehead atoms. The van der Waals surface area contributed by atoms with Gasteiger partial charge in [-0.1, -0.05) is 29.3 Å². The van der Waals surface area contributed by atoms with Crippen molar-refractivity contribution in [3.05, 3.63) is 45.0 Å². The normalized spacial score (nSPS) is 15.8. The molecule has 0 spiro atoms. The minimum atomic E-state index is -3.66. The van der Waals surface area contributed by atoms with Crippen LogP contribution < -0.4 is 0 Å². The Labute approximate surface area is 188 Å². The van der Waals surface area contributed by atoms with Gasteiger partial charge in [-0.05, 0) is 26.0 Å². The summed E-state index contributed by atoms with van der Waals surface area (Å²) in [5, 5.41) is 6.02. The van der Waals surface area contributed by atoms with E-state index in [2.05, 4.69) is 5.10 Å². The number of carbonyl (C=O) groups excluding carboxylic acids is 1. The van der Waals surface area contributed by atoms with Crippen LogP contribution in [0.4, 0.5) is 0 Å². The van der Waals surface area contributed by atoms with Gasteiger partial charge in [0.25, 0.3) is 5.91 Å². The maximum atomic E-state index is 13.0. The van der Waals surface area contributed by atoms with E-state index in [-0.39, 0.29) is 23.9 Å². The second kappa shape index (κ2) is 8.12. The maximum absolute atomic E-state index is 13.0. The maximum Gasteiger partial charge on any atom is 0.265 e. The minimum absolute atomic E-state index is 0.190. The van der Waals surface area contributed by atoms with Crippen molar-refractivity contribution >= 4 is 60.6 Å². The molecule has 1 amide bonds. The molecule has 30 heavy (non-hydrogen) atoms. The fraction of sp³-hybridized carbons (Fsp3) is 0.368. The molecule has 160 valence electrons. The fourth-order valence-corrected chi connectivity index (χ4v) is 6.85. The van der Waals surface area contributed by atoms with Crippen LogP contribution in [0.1, 0.15) is 22.3 Å². The van der Waals surface area contributed by atoms with E-state index in [0.29, 0.717) is 40.3 Å². The van der Waals surface area contributed by atoms with E-state index in [1.807, 2.05) is 6.92 Å². The predicted molar refractivity (Wildman–Crippen MR) is 119 cm³/mol. The Bertz CT molecular complexity index is 1230. The first-order valence-corrected chi connectivity index (χ1v) is 12.4. The Balaban J connectivity index is 1.51. The zero-order valence-corrected chi connectivity index (χ0v) is 19.6. The third-order valence-corrected chi connectivity index (χ3v) is 9.04. The van der Waals surface area contributed by atoms with Gasteiger partial charge in [-0.3, -0.25) is 9.48 Å². The van der Waals surface area contributed by atoms with Gasteiger partial charge in [-0.15, -0.1) is 11.3 Å². The Morgan fingerprint density at radius 1 is 1.20 bits per heavy atom. The van der Waals surface area contributed by atoms with Crippen molar-refractivity contribution in [2.24, 2.45) is 0 Å². The topological polar surface area (TPSA) is 75.5 Å². The van der Waals surface area contributed by atoms with Gasteiger partial charge in [0, 0.05) is 54.0 Å². The molecule has 11 heteroatoms. The lowest BCUT2D eigenvalue weighted by atomic mass is 10.2. The largest absolute Gasteiger partial charge is 0.335 e. The molecule has 0 atom stereocenters. The molecule has 4 rings (SSSR count). The summed E-state index contributed by atoms with van der Waals surface area (Å²) >= 11 is 13.8. The number of sulfonamides is 1. The van der Waals surface area contributed by atoms with Crippen molar-refractivity contribution in [1.82, 2.24) is 19.0 Å². The fourth-order valence-electron chi connectivity index (χ4n) is 3.51. The minimum Gasteiger partial charge on any atom is -0.335 e. The average molecular weight is 487 g/mol. The molecule has 2 aromatic heterocycles. The summed E-state index contributed by atoms with van der Waals surface area (Å²) in [6.45, 7) is 5.22. The SMILES string of the molecule is CCn1cc(S(=O)(=O)N2CCN(C(=O)c3sc4cc(Cl)ccc4c3Cl)CC2)c(C)n1. The van der Waals surface area contributed by atoms with E-state index in [4.69, 9.17) is 23.2 Å². The van der Waals surface area contributed by atoms with E-state index >= 15 is 0 Å². The molecular formula is C19H20Cl2N4O3S2. The van der Waals surface area contributed by atoms with Crippen LogP contribution in [0.15, 0.2) is 29.3 Å². The molecule has 0 saturated carbocycles. The number of benzene rings is 1. The summed E-state index contributed by atoms with van der Waals surface area (Å²) < 4.78 is 29.9. The van der Waals surface area contributed by atoms with Crippen LogP contribution >= 0.6 is 34.5 Å². The van der Waals surface area contributed by atoms with Crippen LogP contribution in [0.25, 0.3) is 10.1 Å². The molecule has 3 heterocycles. The third kappa shape index (κ3) is 3.73. The van der Waals surface area contributed by atoms with Crippen molar-refractivity contribution in [2.45, 2.75) is 25.3 Å². The lowest BCUT2D eigenvalue weighted by Crippen LogP contribution is -2.50. The average Bonchev–Trinajstić information content (AvgIpc) is 3.27. The molecule has 1 aliphatic rings. The number of amides is 1. The van der Waals surface area contributed by atoms with E-state index in [9.17, 15) is 13.2 Å². The Morgan fingerprint density at radius 3 is 2.53 bits per heavy atom. The van der Waals surface area contributed by atoms with Crippen LogP contribution in [0.5, 0.6) is 0 Å². The van der Waals surface area contributed by atoms with Gasteiger partial charge < -0.3 is 4.90 Å². The van der Waals surface area contributed by atoms with E-state index in [1.165, 1.54) is 15.6 Å². The smallest absolute Gasteiger partial charge is 0.265 e. The molecule has 0 N–H and O–H groups in total. The summed E-state index contributed by atoms with van der Waals surface area (Å²) in [6.07, 6.45) is 1.56. The van der Waals surface area contributed by atoms with Crippen molar-refractivity contribution in [1.29, 1.82) is 0 Å². The van der Waals surface area contributed by atoms with Gasteiger partial charge in [0.2, 0.25) is 10.0 Å². The van der Waals surface area contributed by atoms with Gasteiger partial charge in [0.15, 0.2) is 0 Å². The Morgan fingerprint density at radius 2 is 1.90 bits per heavy atom. The highest BCUT2D eigenvalue weighted by Gasteiger charge is 2.33. The standard InChI is InChI=1S/C19H20Cl2N4O3S2/c1-3-24-11-16(12(2)22-24)30(27,28)25-8-6-23(7-9-25)19(26)18-17(21)14-5-4-13(20)10-15(14)29-18/h4-5,10-11H,3,6-9H2,1-2H3. The van der Waals surface area contributed by atoms with Gasteiger partial charge in [-0.2, -0.15) is 9.40 Å². The number of hydrogen-bond donors (Lipinski definition) is 0. The lowest BCUT2D eigenvalue weighted by molar-refractivity contribution is 0.0703. The number of rotatable bonds is 4. The van der Waals surface area contributed by atoms with Gasteiger partial charge in [0.05, 0.1) is 10.7 Å². The number of fused-ring (bicyclic) bond motifs is 1. The number of thiophene rings is 1. The number of aryl methyl sites for hydroxylation is 2. The first-order valence-electron chi connectivity index (χ1n) is 9.43. The number of hydrogen-bond acceptors (Lipinski definition) is 5. The first kappa shape index (κ1) is 21.6. The summed E-state index contributed by atoms with van der Waals surface area (Å²) in [6, 6.07) is 5.33. The molecule has 7 nitrogen and oxygen atoms in total. The molecule has 3 aromatic rings. The van der Waals surface area contributed by atoms with Crippen molar-refractivity contribution in [2.75, 3.05) is 26.2 Å².